The molecule has 0 aliphatic heterocycles. The molecule has 0 bridgehead atoms. The van der Waals surface area contributed by atoms with Gasteiger partial charge < -0.3 is 0 Å². The van der Waals surface area contributed by atoms with E-state index in [4.69, 9.17) is 0 Å². The van der Waals surface area contributed by atoms with Gasteiger partial charge in [0.05, 0.1) is 15.8 Å². The van der Waals surface area contributed by atoms with Gasteiger partial charge in [0.25, 0.3) is 5.91 Å². The Bertz CT molecular complexity index is 875. The number of rotatable bonds is 2. The van der Waals surface area contributed by atoms with E-state index in [9.17, 15) is 18.0 Å². The van der Waals surface area contributed by atoms with Gasteiger partial charge in [-0.3, -0.25) is 10.1 Å². The van der Waals surface area contributed by atoms with Gasteiger partial charge in [-0.2, -0.15) is 13.2 Å². The largest absolute Gasteiger partial charge is 0.416 e. The monoisotopic (exact) mass is 350 g/mol. The van der Waals surface area contributed by atoms with Gasteiger partial charge in [-0.1, -0.05) is 23.5 Å². The van der Waals surface area contributed by atoms with Crippen molar-refractivity contribution in [3.63, 3.8) is 0 Å². The first-order chi connectivity index (χ1) is 11.3. The normalized spacial score (nSPS) is 11.7. The predicted octanol–water partition coefficient (Wildman–Crippen LogP) is 5.18. The molecule has 3 rings (SSSR count). The third kappa shape index (κ3) is 3.12. The zero-order valence-corrected chi connectivity index (χ0v) is 13.7. The second-order valence-electron chi connectivity index (χ2n) is 5.43. The van der Waals surface area contributed by atoms with Gasteiger partial charge in [-0.15, -0.1) is 0 Å². The Morgan fingerprint density at radius 3 is 2.25 bits per heavy atom. The third-order valence-electron chi connectivity index (χ3n) is 3.64. The minimum atomic E-state index is -4.42. The zero-order chi connectivity index (χ0) is 17.5. The van der Waals surface area contributed by atoms with Crippen LogP contribution in [0.5, 0.6) is 0 Å². The quantitative estimate of drug-likeness (QED) is 0.691. The summed E-state index contributed by atoms with van der Waals surface area (Å²) in [6, 6.07) is 8.03. The summed E-state index contributed by atoms with van der Waals surface area (Å²) < 4.78 is 38.6. The number of anilines is 1. The van der Waals surface area contributed by atoms with E-state index >= 15 is 0 Å². The van der Waals surface area contributed by atoms with Crippen molar-refractivity contribution >= 4 is 32.6 Å². The molecule has 0 fully saturated rings. The molecule has 0 unspecified atom stereocenters. The van der Waals surface area contributed by atoms with Crippen LogP contribution in [0, 0.1) is 13.8 Å². The molecule has 2 aromatic carbocycles. The molecular weight excluding hydrogens is 337 g/mol. The Morgan fingerprint density at radius 1 is 1.04 bits per heavy atom. The van der Waals surface area contributed by atoms with Crippen molar-refractivity contribution in [3.05, 3.63) is 58.7 Å². The highest BCUT2D eigenvalue weighted by Gasteiger charge is 2.30. The van der Waals surface area contributed by atoms with Crippen LogP contribution in [0.2, 0.25) is 0 Å². The van der Waals surface area contributed by atoms with Gasteiger partial charge in [0.2, 0.25) is 0 Å². The molecule has 1 heterocycles. The van der Waals surface area contributed by atoms with E-state index in [0.717, 1.165) is 45.6 Å². The number of thiazole rings is 1. The Hall–Kier alpha value is -2.41. The number of nitrogens with zero attached hydrogens (tertiary/aromatic N) is 1. The lowest BCUT2D eigenvalue weighted by Crippen LogP contribution is -2.12. The van der Waals surface area contributed by atoms with Crippen LogP contribution in [0.25, 0.3) is 10.2 Å². The third-order valence-corrected chi connectivity index (χ3v) is 4.74. The van der Waals surface area contributed by atoms with Crippen LogP contribution in [-0.4, -0.2) is 10.9 Å². The number of hydrogen-bond donors (Lipinski definition) is 1. The molecule has 3 nitrogen and oxygen atoms in total. The number of nitrogens with one attached hydrogen (secondary N) is 1. The van der Waals surface area contributed by atoms with Crippen LogP contribution < -0.4 is 5.32 Å². The number of carbonyl (C=O) groups excluding carboxylic acids is 1. The lowest BCUT2D eigenvalue weighted by molar-refractivity contribution is -0.137. The minimum absolute atomic E-state index is 0.149. The van der Waals surface area contributed by atoms with Crippen molar-refractivity contribution in [2.75, 3.05) is 5.32 Å². The van der Waals surface area contributed by atoms with Crippen LogP contribution >= 0.6 is 11.3 Å². The SMILES string of the molecule is Cc1ccc(C)c2sc(NC(=O)c3ccc(C(F)(F)F)cc3)nc12. The maximum atomic E-state index is 12.6. The van der Waals surface area contributed by atoms with Crippen molar-refractivity contribution < 1.29 is 18.0 Å². The highest BCUT2D eigenvalue weighted by Crippen LogP contribution is 2.32. The molecule has 1 N–H and O–H groups in total. The lowest BCUT2D eigenvalue weighted by Gasteiger charge is -2.07. The fraction of sp³-hybridized carbons (Fsp3) is 0.176. The zero-order valence-electron chi connectivity index (χ0n) is 12.9. The molecule has 0 aliphatic carbocycles. The number of aromatic nitrogens is 1. The molecule has 124 valence electrons. The molecular formula is C17H13F3N2OS. The summed E-state index contributed by atoms with van der Waals surface area (Å²) >= 11 is 1.35. The number of carbonyl (C=O) groups is 1. The summed E-state index contributed by atoms with van der Waals surface area (Å²) in [6.45, 7) is 3.89. The Kier molecular flexibility index (Phi) is 4.04. The van der Waals surface area contributed by atoms with Gasteiger partial charge in [0.1, 0.15) is 0 Å². The van der Waals surface area contributed by atoms with Crippen molar-refractivity contribution in [2.24, 2.45) is 0 Å². The van der Waals surface area contributed by atoms with E-state index in [1.165, 1.54) is 11.3 Å². The summed E-state index contributed by atoms with van der Waals surface area (Å²) in [7, 11) is 0. The summed E-state index contributed by atoms with van der Waals surface area (Å²) in [6.07, 6.45) is -4.42. The van der Waals surface area contributed by atoms with Crippen LogP contribution in [0.3, 0.4) is 0 Å². The first-order valence-electron chi connectivity index (χ1n) is 7.11. The fourth-order valence-corrected chi connectivity index (χ4v) is 3.30. The van der Waals surface area contributed by atoms with E-state index in [0.29, 0.717) is 5.13 Å². The molecule has 0 atom stereocenters. The van der Waals surface area contributed by atoms with Crippen LogP contribution in [0.1, 0.15) is 27.0 Å². The van der Waals surface area contributed by atoms with Gasteiger partial charge >= 0.3 is 6.18 Å². The second kappa shape index (κ2) is 5.90. The molecule has 3 aromatic rings. The van der Waals surface area contributed by atoms with Crippen LogP contribution in [0.15, 0.2) is 36.4 Å². The Labute approximate surface area is 140 Å². The summed E-state index contributed by atoms with van der Waals surface area (Å²) in [5.74, 6) is -0.488. The van der Waals surface area contributed by atoms with E-state index in [1.807, 2.05) is 26.0 Å². The van der Waals surface area contributed by atoms with Crippen LogP contribution in [0.4, 0.5) is 18.3 Å². The molecule has 0 radical (unpaired) electrons. The fourth-order valence-electron chi connectivity index (χ4n) is 2.29. The highest BCUT2D eigenvalue weighted by atomic mass is 32.1. The number of alkyl halides is 3. The van der Waals surface area contributed by atoms with Crippen molar-refractivity contribution in [1.29, 1.82) is 0 Å². The lowest BCUT2D eigenvalue weighted by atomic mass is 10.1. The smallest absolute Gasteiger partial charge is 0.298 e. The molecule has 1 amide bonds. The van der Waals surface area contributed by atoms with Crippen LogP contribution in [-0.2, 0) is 6.18 Å². The predicted molar refractivity (Wildman–Crippen MR) is 88.5 cm³/mol. The molecule has 7 heteroatoms. The summed E-state index contributed by atoms with van der Waals surface area (Å²) in [5.41, 5.74) is 2.24. The maximum absolute atomic E-state index is 12.6. The van der Waals surface area contributed by atoms with Gasteiger partial charge in [0.15, 0.2) is 5.13 Å². The topological polar surface area (TPSA) is 42.0 Å². The molecule has 0 saturated carbocycles. The molecule has 24 heavy (non-hydrogen) atoms. The first-order valence-corrected chi connectivity index (χ1v) is 7.93. The van der Waals surface area contributed by atoms with Crippen molar-refractivity contribution in [1.82, 2.24) is 4.98 Å². The second-order valence-corrected chi connectivity index (χ2v) is 6.42. The van der Waals surface area contributed by atoms with Gasteiger partial charge in [-0.25, -0.2) is 4.98 Å². The molecule has 0 aliphatic rings. The van der Waals surface area contributed by atoms with E-state index < -0.39 is 17.6 Å². The van der Waals surface area contributed by atoms with Gasteiger partial charge in [0, 0.05) is 5.56 Å². The molecule has 0 spiro atoms. The average molecular weight is 350 g/mol. The first kappa shape index (κ1) is 16.4. The molecule has 0 saturated heterocycles. The maximum Gasteiger partial charge on any atom is 0.416 e. The number of fused-ring (bicyclic) bond motifs is 1. The van der Waals surface area contributed by atoms with E-state index in [1.54, 1.807) is 0 Å². The summed E-state index contributed by atoms with van der Waals surface area (Å²) in [5, 5.41) is 3.07. The number of amides is 1. The van der Waals surface area contributed by atoms with Crippen molar-refractivity contribution in [2.45, 2.75) is 20.0 Å². The molecule has 1 aromatic heterocycles. The standard InChI is InChI=1S/C17H13F3N2OS/c1-9-3-4-10(2)14-13(9)21-16(24-14)22-15(23)11-5-7-12(8-6-11)17(18,19)20/h3-8H,1-2H3,(H,21,22,23). The number of hydrogen-bond acceptors (Lipinski definition) is 3. The number of halogens is 3. The minimum Gasteiger partial charge on any atom is -0.298 e. The van der Waals surface area contributed by atoms with Gasteiger partial charge in [-0.05, 0) is 49.2 Å². The summed E-state index contributed by atoms with van der Waals surface area (Å²) in [4.78, 5) is 16.6. The van der Waals surface area contributed by atoms with Crippen molar-refractivity contribution in [3.8, 4) is 0 Å². The number of aryl methyl sites for hydroxylation is 2. The highest BCUT2D eigenvalue weighted by molar-refractivity contribution is 7.22. The van der Waals surface area contributed by atoms with E-state index in [2.05, 4.69) is 10.3 Å². The van der Waals surface area contributed by atoms with E-state index in [-0.39, 0.29) is 5.56 Å². The average Bonchev–Trinajstić information content (AvgIpc) is 2.95. The number of benzene rings is 2. The Balaban J connectivity index is 1.85. The Morgan fingerprint density at radius 2 is 1.67 bits per heavy atom.